The number of carbonyl (C=O) groups excluding carboxylic acids is 1. The van der Waals surface area contributed by atoms with Crippen molar-refractivity contribution in [3.05, 3.63) is 51.0 Å². The molecule has 0 radical (unpaired) electrons. The van der Waals surface area contributed by atoms with Crippen LogP contribution < -0.4 is 4.74 Å². The van der Waals surface area contributed by atoms with Crippen LogP contribution in [0, 0.1) is 0 Å². The zero-order valence-electron chi connectivity index (χ0n) is 11.7. The molecule has 1 aromatic carbocycles. The summed E-state index contributed by atoms with van der Waals surface area (Å²) in [7, 11) is 0. The van der Waals surface area contributed by atoms with E-state index >= 15 is 0 Å². The lowest BCUT2D eigenvalue weighted by Crippen LogP contribution is -1.95. The van der Waals surface area contributed by atoms with E-state index in [2.05, 4.69) is 20.9 Å². The number of hydrogen-bond donors (Lipinski definition) is 1. The lowest BCUT2D eigenvalue weighted by molar-refractivity contribution is 0.104. The molecule has 0 amide bonds. The molecule has 0 saturated heterocycles. The van der Waals surface area contributed by atoms with Crippen molar-refractivity contribution in [2.24, 2.45) is 0 Å². The zero-order chi connectivity index (χ0) is 15.7. The molecule has 1 aromatic heterocycles. The van der Waals surface area contributed by atoms with Gasteiger partial charge in [0.05, 0.1) is 17.1 Å². The Kier molecular flexibility index (Phi) is 4.22. The molecule has 6 heteroatoms. The van der Waals surface area contributed by atoms with Crippen molar-refractivity contribution in [3.8, 4) is 11.5 Å². The summed E-state index contributed by atoms with van der Waals surface area (Å²) in [6.45, 7) is 2.30. The number of ether oxygens (including phenoxy) is 1. The summed E-state index contributed by atoms with van der Waals surface area (Å²) in [4.78, 5) is 17.2. The molecule has 0 saturated carbocycles. The van der Waals surface area contributed by atoms with Crippen molar-refractivity contribution in [2.45, 2.75) is 11.9 Å². The van der Waals surface area contributed by atoms with Crippen LogP contribution in [0.4, 0.5) is 0 Å². The fourth-order valence-corrected chi connectivity index (χ4v) is 3.53. The minimum atomic E-state index is -0.0361. The van der Waals surface area contributed by atoms with E-state index in [-0.39, 0.29) is 11.5 Å². The average Bonchev–Trinajstić information content (AvgIpc) is 2.81. The lowest BCUT2D eigenvalue weighted by atomic mass is 10.1. The van der Waals surface area contributed by atoms with E-state index in [0.29, 0.717) is 27.3 Å². The summed E-state index contributed by atoms with van der Waals surface area (Å²) in [5, 5.41) is 10.6. The standard InChI is InChI=1S/C16H12BrNO3S/c1-2-21-13-6-9(11(17)8-12(13)19)7-14-15(20)10-4-3-5-18-16(10)22-14/h3-8,19H,2H2,1H3/b14-7-. The van der Waals surface area contributed by atoms with E-state index in [1.807, 2.05) is 6.92 Å². The second-order valence-corrected chi connectivity index (χ2v) is 6.46. The quantitative estimate of drug-likeness (QED) is 0.808. The average molecular weight is 378 g/mol. The Labute approximate surface area is 140 Å². The first-order valence-electron chi connectivity index (χ1n) is 6.64. The Morgan fingerprint density at radius 2 is 2.27 bits per heavy atom. The van der Waals surface area contributed by atoms with Crippen LogP contribution in [0.15, 0.2) is 44.9 Å². The molecule has 0 unspecified atom stereocenters. The lowest BCUT2D eigenvalue weighted by Gasteiger charge is -2.08. The van der Waals surface area contributed by atoms with Gasteiger partial charge in [-0.3, -0.25) is 4.79 Å². The van der Waals surface area contributed by atoms with Crippen LogP contribution in [-0.2, 0) is 0 Å². The Balaban J connectivity index is 2.00. The fourth-order valence-electron chi connectivity index (χ4n) is 2.10. The molecule has 2 heterocycles. The van der Waals surface area contributed by atoms with E-state index in [4.69, 9.17) is 4.74 Å². The van der Waals surface area contributed by atoms with Crippen LogP contribution in [-0.4, -0.2) is 22.5 Å². The molecule has 22 heavy (non-hydrogen) atoms. The van der Waals surface area contributed by atoms with Crippen molar-refractivity contribution in [1.29, 1.82) is 0 Å². The van der Waals surface area contributed by atoms with Crippen molar-refractivity contribution in [1.82, 2.24) is 4.98 Å². The maximum atomic E-state index is 12.4. The van der Waals surface area contributed by atoms with E-state index in [1.54, 1.807) is 36.5 Å². The van der Waals surface area contributed by atoms with Crippen molar-refractivity contribution >= 4 is 39.6 Å². The van der Waals surface area contributed by atoms with Gasteiger partial charge in [-0.2, -0.15) is 0 Å². The minimum Gasteiger partial charge on any atom is -0.504 e. The van der Waals surface area contributed by atoms with E-state index < -0.39 is 0 Å². The van der Waals surface area contributed by atoms with Crippen molar-refractivity contribution in [2.75, 3.05) is 6.61 Å². The highest BCUT2D eigenvalue weighted by Crippen LogP contribution is 2.41. The van der Waals surface area contributed by atoms with Crippen LogP contribution in [0.5, 0.6) is 11.5 Å². The number of pyridine rings is 1. The number of aromatic hydroxyl groups is 1. The highest BCUT2D eigenvalue weighted by atomic mass is 79.9. The van der Waals surface area contributed by atoms with Crippen LogP contribution in [0.2, 0.25) is 0 Å². The molecule has 4 nitrogen and oxygen atoms in total. The molecule has 0 fully saturated rings. The number of hydrogen-bond acceptors (Lipinski definition) is 5. The Bertz CT molecular complexity index is 789. The number of rotatable bonds is 3. The van der Waals surface area contributed by atoms with Crippen LogP contribution in [0.25, 0.3) is 6.08 Å². The monoisotopic (exact) mass is 377 g/mol. The first kappa shape index (κ1) is 15.1. The van der Waals surface area contributed by atoms with Crippen LogP contribution in [0.3, 0.4) is 0 Å². The molecular weight excluding hydrogens is 366 g/mol. The zero-order valence-corrected chi connectivity index (χ0v) is 14.1. The van der Waals surface area contributed by atoms with Gasteiger partial charge in [0.2, 0.25) is 5.78 Å². The number of halogens is 1. The summed E-state index contributed by atoms with van der Waals surface area (Å²) in [6.07, 6.45) is 3.45. The van der Waals surface area contributed by atoms with Crippen LogP contribution >= 0.6 is 27.7 Å². The second-order valence-electron chi connectivity index (χ2n) is 4.57. The predicted octanol–water partition coefficient (Wildman–Crippen LogP) is 4.28. The van der Waals surface area contributed by atoms with E-state index in [9.17, 15) is 9.90 Å². The number of aromatic nitrogens is 1. The molecule has 1 N–H and O–H groups in total. The number of nitrogens with zero attached hydrogens (tertiary/aromatic N) is 1. The van der Waals surface area contributed by atoms with Gasteiger partial charge in [-0.15, -0.1) is 0 Å². The number of thioether (sulfide) groups is 1. The van der Waals surface area contributed by atoms with Crippen molar-refractivity contribution < 1.29 is 14.6 Å². The Morgan fingerprint density at radius 3 is 3.00 bits per heavy atom. The smallest absolute Gasteiger partial charge is 0.202 e. The third-order valence-corrected chi connectivity index (χ3v) is 4.84. The fraction of sp³-hybridized carbons (Fsp3) is 0.125. The first-order chi connectivity index (χ1) is 10.6. The number of benzene rings is 1. The SMILES string of the molecule is CCOc1cc(/C=C2\Sc3ncccc3C2=O)c(Br)cc1O. The largest absolute Gasteiger partial charge is 0.504 e. The summed E-state index contributed by atoms with van der Waals surface area (Å²) in [5.74, 6) is 0.417. The Morgan fingerprint density at radius 1 is 1.45 bits per heavy atom. The van der Waals surface area contributed by atoms with E-state index in [0.717, 1.165) is 10.6 Å². The summed E-state index contributed by atoms with van der Waals surface area (Å²) < 4.78 is 6.07. The maximum Gasteiger partial charge on any atom is 0.202 e. The third-order valence-electron chi connectivity index (χ3n) is 3.11. The van der Waals surface area contributed by atoms with Gasteiger partial charge in [0.25, 0.3) is 0 Å². The summed E-state index contributed by atoms with van der Waals surface area (Å²) in [6, 6.07) is 6.80. The number of phenolic OH excluding ortho intramolecular Hbond substituents is 1. The molecule has 0 spiro atoms. The van der Waals surface area contributed by atoms with Gasteiger partial charge in [-0.1, -0.05) is 27.7 Å². The number of carbonyl (C=O) groups is 1. The van der Waals surface area contributed by atoms with Gasteiger partial charge in [0.1, 0.15) is 5.03 Å². The number of allylic oxidation sites excluding steroid dienone is 1. The second kappa shape index (κ2) is 6.14. The molecule has 0 aliphatic carbocycles. The van der Waals surface area contributed by atoms with Gasteiger partial charge in [-0.25, -0.2) is 4.98 Å². The van der Waals surface area contributed by atoms with Gasteiger partial charge < -0.3 is 9.84 Å². The van der Waals surface area contributed by atoms with Gasteiger partial charge in [0.15, 0.2) is 11.5 Å². The number of fused-ring (bicyclic) bond motifs is 1. The van der Waals surface area contributed by atoms with Gasteiger partial charge in [-0.05, 0) is 42.8 Å². The summed E-state index contributed by atoms with van der Waals surface area (Å²) >= 11 is 4.75. The topological polar surface area (TPSA) is 59.4 Å². The van der Waals surface area contributed by atoms with E-state index in [1.165, 1.54) is 11.8 Å². The van der Waals surface area contributed by atoms with Gasteiger partial charge >= 0.3 is 0 Å². The number of Topliss-reactive ketones (excluding diaryl/α,β-unsaturated/α-hetero) is 1. The minimum absolute atomic E-state index is 0.0361. The highest BCUT2D eigenvalue weighted by molar-refractivity contribution is 9.10. The normalized spacial score (nSPS) is 15.2. The molecule has 2 aromatic rings. The number of phenols is 1. The summed E-state index contributed by atoms with van der Waals surface area (Å²) in [5.41, 5.74) is 1.39. The Hall–Kier alpha value is -1.79. The number of ketones is 1. The maximum absolute atomic E-state index is 12.4. The molecule has 3 rings (SSSR count). The molecule has 0 atom stereocenters. The molecule has 1 aliphatic rings. The first-order valence-corrected chi connectivity index (χ1v) is 8.25. The predicted molar refractivity (Wildman–Crippen MR) is 89.4 cm³/mol. The van der Waals surface area contributed by atoms with Gasteiger partial charge in [0, 0.05) is 10.7 Å². The highest BCUT2D eigenvalue weighted by Gasteiger charge is 2.26. The molecular formula is C16H12BrNO3S. The molecule has 112 valence electrons. The third kappa shape index (κ3) is 2.76. The van der Waals surface area contributed by atoms with Crippen molar-refractivity contribution in [3.63, 3.8) is 0 Å². The van der Waals surface area contributed by atoms with Crippen LogP contribution in [0.1, 0.15) is 22.8 Å². The molecule has 0 bridgehead atoms. The molecule has 1 aliphatic heterocycles.